The summed E-state index contributed by atoms with van der Waals surface area (Å²) in [7, 11) is 0. The second-order valence-corrected chi connectivity index (χ2v) is 4.49. The molecular weight excluding hydrogens is 249 g/mol. The minimum atomic E-state index is -0.471. The SMILES string of the molecule is CCOc1cc(NC2CCC(=O)NC2)c(N)cc1F. The smallest absolute Gasteiger partial charge is 0.220 e. The first-order valence-electron chi connectivity index (χ1n) is 6.35. The fraction of sp³-hybridized carbons (Fsp3) is 0.462. The second kappa shape index (κ2) is 5.77. The normalized spacial score (nSPS) is 18.8. The number of halogens is 1. The van der Waals surface area contributed by atoms with E-state index in [2.05, 4.69) is 10.6 Å². The van der Waals surface area contributed by atoms with E-state index < -0.39 is 5.82 Å². The van der Waals surface area contributed by atoms with Crippen LogP contribution in [0.15, 0.2) is 12.1 Å². The van der Waals surface area contributed by atoms with Gasteiger partial charge in [-0.1, -0.05) is 0 Å². The molecule has 1 heterocycles. The lowest BCUT2D eigenvalue weighted by molar-refractivity contribution is -0.122. The molecule has 1 fully saturated rings. The molecule has 1 aromatic carbocycles. The van der Waals surface area contributed by atoms with Gasteiger partial charge in [0.2, 0.25) is 5.91 Å². The van der Waals surface area contributed by atoms with Gasteiger partial charge in [0, 0.05) is 31.1 Å². The molecule has 4 N–H and O–H groups in total. The van der Waals surface area contributed by atoms with Crippen LogP contribution in [0.2, 0.25) is 0 Å². The lowest BCUT2D eigenvalue weighted by atomic mass is 10.1. The van der Waals surface area contributed by atoms with E-state index in [0.29, 0.717) is 30.9 Å². The Morgan fingerprint density at radius 1 is 1.58 bits per heavy atom. The Hall–Kier alpha value is -1.98. The van der Waals surface area contributed by atoms with Crippen molar-refractivity contribution >= 4 is 17.3 Å². The second-order valence-electron chi connectivity index (χ2n) is 4.49. The van der Waals surface area contributed by atoms with Gasteiger partial charge in [-0.2, -0.15) is 0 Å². The van der Waals surface area contributed by atoms with Crippen LogP contribution in [0.3, 0.4) is 0 Å². The highest BCUT2D eigenvalue weighted by Crippen LogP contribution is 2.29. The summed E-state index contributed by atoms with van der Waals surface area (Å²) in [6.45, 7) is 2.72. The Morgan fingerprint density at radius 2 is 2.37 bits per heavy atom. The van der Waals surface area contributed by atoms with Crippen LogP contribution < -0.4 is 21.1 Å². The zero-order valence-corrected chi connectivity index (χ0v) is 10.8. The van der Waals surface area contributed by atoms with Gasteiger partial charge in [0.1, 0.15) is 0 Å². The third-order valence-electron chi connectivity index (χ3n) is 3.03. The van der Waals surface area contributed by atoms with Gasteiger partial charge in [-0.25, -0.2) is 4.39 Å². The van der Waals surface area contributed by atoms with Crippen LogP contribution >= 0.6 is 0 Å². The van der Waals surface area contributed by atoms with E-state index in [1.165, 1.54) is 6.07 Å². The molecule has 2 rings (SSSR count). The van der Waals surface area contributed by atoms with Crippen molar-refractivity contribution < 1.29 is 13.9 Å². The van der Waals surface area contributed by atoms with Crippen LogP contribution in [0.5, 0.6) is 5.75 Å². The standard InChI is InChI=1S/C13H18FN3O2/c1-2-19-12-6-11(10(15)5-9(12)14)17-8-3-4-13(18)16-7-8/h5-6,8,17H,2-4,7,15H2,1H3,(H,16,18). The number of nitrogens with two attached hydrogens (primary N) is 1. The minimum absolute atomic E-state index is 0.0557. The number of ether oxygens (including phenoxy) is 1. The summed E-state index contributed by atoms with van der Waals surface area (Å²) in [6.07, 6.45) is 1.21. The number of carbonyl (C=O) groups excluding carboxylic acids is 1. The molecule has 104 valence electrons. The van der Waals surface area contributed by atoms with E-state index in [-0.39, 0.29) is 17.7 Å². The van der Waals surface area contributed by atoms with Crippen molar-refractivity contribution in [2.45, 2.75) is 25.8 Å². The molecule has 1 atom stereocenters. The molecule has 1 amide bonds. The number of nitrogens with one attached hydrogen (secondary N) is 2. The first-order chi connectivity index (χ1) is 9.10. The van der Waals surface area contributed by atoms with E-state index in [1.54, 1.807) is 13.0 Å². The summed E-state index contributed by atoms with van der Waals surface area (Å²) in [6, 6.07) is 2.90. The van der Waals surface area contributed by atoms with Crippen LogP contribution in [0.4, 0.5) is 15.8 Å². The first-order valence-corrected chi connectivity index (χ1v) is 6.35. The zero-order chi connectivity index (χ0) is 13.8. The van der Waals surface area contributed by atoms with E-state index in [0.717, 1.165) is 6.42 Å². The quantitative estimate of drug-likeness (QED) is 0.722. The molecule has 1 saturated heterocycles. The van der Waals surface area contributed by atoms with Crippen molar-refractivity contribution in [3.05, 3.63) is 17.9 Å². The summed E-state index contributed by atoms with van der Waals surface area (Å²) in [4.78, 5) is 11.1. The minimum Gasteiger partial charge on any atom is -0.491 e. The molecule has 0 bridgehead atoms. The molecule has 0 saturated carbocycles. The number of anilines is 2. The number of benzene rings is 1. The molecule has 0 aromatic heterocycles. The van der Waals surface area contributed by atoms with E-state index in [1.807, 2.05) is 0 Å². The van der Waals surface area contributed by atoms with Gasteiger partial charge in [0.15, 0.2) is 11.6 Å². The van der Waals surface area contributed by atoms with Crippen LogP contribution in [0, 0.1) is 5.82 Å². The van der Waals surface area contributed by atoms with E-state index in [4.69, 9.17) is 10.5 Å². The zero-order valence-electron chi connectivity index (χ0n) is 10.8. The monoisotopic (exact) mass is 267 g/mol. The number of carbonyl (C=O) groups is 1. The van der Waals surface area contributed by atoms with Crippen molar-refractivity contribution in [2.24, 2.45) is 0 Å². The Kier molecular flexibility index (Phi) is 4.09. The maximum atomic E-state index is 13.6. The molecule has 19 heavy (non-hydrogen) atoms. The third-order valence-corrected chi connectivity index (χ3v) is 3.03. The van der Waals surface area contributed by atoms with Gasteiger partial charge in [-0.05, 0) is 13.3 Å². The number of rotatable bonds is 4. The Balaban J connectivity index is 2.10. The number of piperidine rings is 1. The maximum Gasteiger partial charge on any atom is 0.220 e. The average Bonchev–Trinajstić information content (AvgIpc) is 2.38. The lowest BCUT2D eigenvalue weighted by Crippen LogP contribution is -2.42. The number of hydrogen-bond acceptors (Lipinski definition) is 4. The van der Waals surface area contributed by atoms with Crippen LogP contribution in [0.1, 0.15) is 19.8 Å². The average molecular weight is 267 g/mol. The molecule has 0 spiro atoms. The highest BCUT2D eigenvalue weighted by molar-refractivity contribution is 5.77. The summed E-state index contributed by atoms with van der Waals surface area (Å²) < 4.78 is 18.8. The fourth-order valence-electron chi connectivity index (χ4n) is 2.04. The predicted octanol–water partition coefficient (Wildman–Crippen LogP) is 1.50. The van der Waals surface area contributed by atoms with Crippen LogP contribution in [0.25, 0.3) is 0 Å². The summed E-state index contributed by atoms with van der Waals surface area (Å²) >= 11 is 0. The molecule has 5 nitrogen and oxygen atoms in total. The van der Waals surface area contributed by atoms with Gasteiger partial charge in [-0.3, -0.25) is 4.79 Å². The van der Waals surface area contributed by atoms with Crippen LogP contribution in [-0.2, 0) is 4.79 Å². The molecule has 1 aliphatic heterocycles. The number of hydrogen-bond donors (Lipinski definition) is 3. The van der Waals surface area contributed by atoms with Crippen molar-refractivity contribution in [2.75, 3.05) is 24.2 Å². The highest BCUT2D eigenvalue weighted by atomic mass is 19.1. The molecule has 1 unspecified atom stereocenters. The number of nitrogen functional groups attached to an aromatic ring is 1. The first kappa shape index (κ1) is 13.5. The van der Waals surface area contributed by atoms with Crippen molar-refractivity contribution in [3.8, 4) is 5.75 Å². The van der Waals surface area contributed by atoms with Gasteiger partial charge in [0.25, 0.3) is 0 Å². The largest absolute Gasteiger partial charge is 0.491 e. The van der Waals surface area contributed by atoms with Gasteiger partial charge < -0.3 is 21.1 Å². The Morgan fingerprint density at radius 3 is 3.00 bits per heavy atom. The lowest BCUT2D eigenvalue weighted by Gasteiger charge is -2.25. The van der Waals surface area contributed by atoms with Gasteiger partial charge in [-0.15, -0.1) is 0 Å². The summed E-state index contributed by atoms with van der Waals surface area (Å²) in [5, 5.41) is 5.98. The predicted molar refractivity (Wildman–Crippen MR) is 71.6 cm³/mol. The molecule has 0 radical (unpaired) electrons. The van der Waals surface area contributed by atoms with Crippen molar-refractivity contribution in [1.29, 1.82) is 0 Å². The topological polar surface area (TPSA) is 76.4 Å². The Labute approximate surface area is 111 Å². The highest BCUT2D eigenvalue weighted by Gasteiger charge is 2.19. The van der Waals surface area contributed by atoms with Crippen molar-refractivity contribution in [3.63, 3.8) is 0 Å². The summed E-state index contributed by atoms with van der Waals surface area (Å²) in [5.74, 6) is -0.235. The summed E-state index contributed by atoms with van der Waals surface area (Å²) in [5.41, 5.74) is 6.75. The van der Waals surface area contributed by atoms with Gasteiger partial charge >= 0.3 is 0 Å². The van der Waals surface area contributed by atoms with Gasteiger partial charge in [0.05, 0.1) is 18.0 Å². The molecule has 6 heteroatoms. The molecule has 1 aliphatic rings. The van der Waals surface area contributed by atoms with E-state index >= 15 is 0 Å². The number of amides is 1. The fourth-order valence-corrected chi connectivity index (χ4v) is 2.04. The van der Waals surface area contributed by atoms with E-state index in [9.17, 15) is 9.18 Å². The molecule has 1 aromatic rings. The molecular formula is C13H18FN3O2. The van der Waals surface area contributed by atoms with Crippen molar-refractivity contribution in [1.82, 2.24) is 5.32 Å². The maximum absolute atomic E-state index is 13.6. The molecule has 0 aliphatic carbocycles. The van der Waals surface area contributed by atoms with Crippen LogP contribution in [-0.4, -0.2) is 25.1 Å². The third kappa shape index (κ3) is 3.27. The Bertz CT molecular complexity index is 469.